The summed E-state index contributed by atoms with van der Waals surface area (Å²) in [5.74, 6) is 1.10. The lowest BCUT2D eigenvalue weighted by Gasteiger charge is -2.16. The topological polar surface area (TPSA) is 27.1 Å². The van der Waals surface area contributed by atoms with Crippen molar-refractivity contribution in [3.8, 4) is 5.88 Å². The van der Waals surface area contributed by atoms with E-state index < -0.39 is 0 Å². The molecule has 1 aromatic carbocycles. The van der Waals surface area contributed by atoms with E-state index in [9.17, 15) is 0 Å². The minimum absolute atomic E-state index is 0.493. The molecule has 2 aromatic rings. The van der Waals surface area contributed by atoms with Crippen LogP contribution in [0.2, 0.25) is 0 Å². The first-order valence-corrected chi connectivity index (χ1v) is 7.00. The quantitative estimate of drug-likeness (QED) is 0.840. The van der Waals surface area contributed by atoms with Gasteiger partial charge in [0.25, 0.3) is 0 Å². The normalized spacial score (nSPS) is 11.0. The lowest BCUT2D eigenvalue weighted by atomic mass is 9.93. The molecule has 1 heterocycles. The number of rotatable bonds is 5. The van der Waals surface area contributed by atoms with E-state index in [0.29, 0.717) is 18.4 Å². The number of aromatic nitrogens is 2. The molecule has 0 saturated heterocycles. The van der Waals surface area contributed by atoms with Gasteiger partial charge >= 0.3 is 0 Å². The summed E-state index contributed by atoms with van der Waals surface area (Å²) >= 11 is 4.10. The summed E-state index contributed by atoms with van der Waals surface area (Å²) in [6.45, 7) is 7.15. The van der Waals surface area contributed by atoms with Gasteiger partial charge in [-0.3, -0.25) is 0 Å². The maximum Gasteiger partial charge on any atom is 0.234 e. The zero-order valence-electron chi connectivity index (χ0n) is 11.6. The summed E-state index contributed by atoms with van der Waals surface area (Å²) in [4.78, 5) is 0. The standard InChI is InChI=1S/C15H20N2OS/c1-4-12-6-5-7-13(11(2)3)14(12)10-18-15-8-9-17(19)16-15/h5-9,11,19H,4,10H2,1-3H3. The van der Waals surface area contributed by atoms with Gasteiger partial charge in [0.05, 0.1) is 0 Å². The van der Waals surface area contributed by atoms with Crippen LogP contribution in [0.3, 0.4) is 0 Å². The number of ether oxygens (including phenoxy) is 1. The van der Waals surface area contributed by atoms with Crippen molar-refractivity contribution in [3.05, 3.63) is 47.2 Å². The van der Waals surface area contributed by atoms with Gasteiger partial charge in [-0.25, -0.2) is 4.09 Å². The summed E-state index contributed by atoms with van der Waals surface area (Å²) in [5, 5.41) is 4.11. The Hall–Kier alpha value is -1.42. The summed E-state index contributed by atoms with van der Waals surface area (Å²) < 4.78 is 7.21. The molecule has 0 radical (unpaired) electrons. The van der Waals surface area contributed by atoms with E-state index in [-0.39, 0.29) is 0 Å². The summed E-state index contributed by atoms with van der Waals surface area (Å²) in [7, 11) is 0. The smallest absolute Gasteiger partial charge is 0.234 e. The molecule has 0 saturated carbocycles. The average Bonchev–Trinajstić information content (AvgIpc) is 2.81. The Bertz CT molecular complexity index is 549. The van der Waals surface area contributed by atoms with Gasteiger partial charge in [-0.2, -0.15) is 0 Å². The Balaban J connectivity index is 2.22. The molecule has 0 aliphatic rings. The Labute approximate surface area is 120 Å². The van der Waals surface area contributed by atoms with Crippen LogP contribution in [0.5, 0.6) is 5.88 Å². The third-order valence-corrected chi connectivity index (χ3v) is 3.45. The van der Waals surface area contributed by atoms with Crippen LogP contribution in [0.25, 0.3) is 0 Å². The van der Waals surface area contributed by atoms with Crippen LogP contribution in [0.15, 0.2) is 30.5 Å². The molecule has 2 rings (SSSR count). The first-order chi connectivity index (χ1) is 9.11. The van der Waals surface area contributed by atoms with Gasteiger partial charge in [0.1, 0.15) is 6.61 Å². The maximum absolute atomic E-state index is 5.77. The molecule has 0 N–H and O–H groups in total. The molecule has 0 fully saturated rings. The van der Waals surface area contributed by atoms with Crippen molar-refractivity contribution < 1.29 is 4.74 Å². The van der Waals surface area contributed by atoms with Crippen LogP contribution in [0.1, 0.15) is 43.4 Å². The Morgan fingerprint density at radius 1 is 1.32 bits per heavy atom. The lowest BCUT2D eigenvalue weighted by Crippen LogP contribution is -2.06. The van der Waals surface area contributed by atoms with Crippen molar-refractivity contribution in [1.82, 2.24) is 9.19 Å². The molecular formula is C15H20N2OS. The number of aryl methyl sites for hydroxylation is 1. The molecule has 1 aromatic heterocycles. The number of hydrogen-bond acceptors (Lipinski definition) is 3. The molecule has 0 aliphatic heterocycles. The number of thiol groups is 1. The molecule has 0 spiro atoms. The first-order valence-electron chi connectivity index (χ1n) is 6.60. The van der Waals surface area contributed by atoms with Crippen molar-refractivity contribution >= 4 is 12.8 Å². The SMILES string of the molecule is CCc1cccc(C(C)C)c1COc1ccn(S)n1. The molecule has 0 unspecified atom stereocenters. The third-order valence-electron chi connectivity index (χ3n) is 3.23. The van der Waals surface area contributed by atoms with Gasteiger partial charge in [-0.05, 0) is 41.8 Å². The van der Waals surface area contributed by atoms with E-state index in [1.54, 1.807) is 6.20 Å². The Morgan fingerprint density at radius 3 is 2.68 bits per heavy atom. The second-order valence-corrected chi connectivity index (χ2v) is 5.27. The summed E-state index contributed by atoms with van der Waals surface area (Å²) in [6, 6.07) is 8.29. The molecule has 0 amide bonds. The summed E-state index contributed by atoms with van der Waals surface area (Å²) in [5.41, 5.74) is 3.98. The second kappa shape index (κ2) is 6.15. The fraction of sp³-hybridized carbons (Fsp3) is 0.400. The number of hydrogen-bond donors (Lipinski definition) is 1. The van der Waals surface area contributed by atoms with Crippen molar-refractivity contribution in [2.45, 2.75) is 39.7 Å². The molecule has 4 heteroatoms. The van der Waals surface area contributed by atoms with E-state index in [1.165, 1.54) is 20.8 Å². The summed E-state index contributed by atoms with van der Waals surface area (Å²) in [6.07, 6.45) is 2.77. The van der Waals surface area contributed by atoms with Gasteiger partial charge in [0, 0.05) is 12.3 Å². The van der Waals surface area contributed by atoms with Crippen LogP contribution in [-0.2, 0) is 13.0 Å². The van der Waals surface area contributed by atoms with Crippen molar-refractivity contribution in [2.75, 3.05) is 0 Å². The second-order valence-electron chi connectivity index (χ2n) is 4.86. The first kappa shape index (κ1) is 14.0. The predicted molar refractivity (Wildman–Crippen MR) is 80.9 cm³/mol. The van der Waals surface area contributed by atoms with Gasteiger partial charge < -0.3 is 4.74 Å². The van der Waals surface area contributed by atoms with Gasteiger partial charge in [-0.15, -0.1) is 5.10 Å². The van der Waals surface area contributed by atoms with Crippen LogP contribution >= 0.6 is 12.8 Å². The maximum atomic E-state index is 5.77. The van der Waals surface area contributed by atoms with Crippen LogP contribution in [0, 0.1) is 0 Å². The lowest BCUT2D eigenvalue weighted by molar-refractivity contribution is 0.290. The molecule has 102 valence electrons. The Kier molecular flexibility index (Phi) is 4.53. The monoisotopic (exact) mass is 276 g/mol. The number of nitrogens with zero attached hydrogens (tertiary/aromatic N) is 2. The van der Waals surface area contributed by atoms with Crippen molar-refractivity contribution in [3.63, 3.8) is 0 Å². The third kappa shape index (κ3) is 3.32. The van der Waals surface area contributed by atoms with Crippen molar-refractivity contribution in [1.29, 1.82) is 0 Å². The van der Waals surface area contributed by atoms with Crippen molar-refractivity contribution in [2.24, 2.45) is 0 Å². The Morgan fingerprint density at radius 2 is 2.11 bits per heavy atom. The molecular weight excluding hydrogens is 256 g/mol. The average molecular weight is 276 g/mol. The molecule has 0 aliphatic carbocycles. The minimum Gasteiger partial charge on any atom is -0.472 e. The fourth-order valence-electron chi connectivity index (χ4n) is 2.22. The van der Waals surface area contributed by atoms with Crippen LogP contribution in [-0.4, -0.2) is 9.19 Å². The van der Waals surface area contributed by atoms with E-state index >= 15 is 0 Å². The minimum atomic E-state index is 0.493. The number of benzene rings is 1. The van der Waals surface area contributed by atoms with Crippen LogP contribution < -0.4 is 4.74 Å². The van der Waals surface area contributed by atoms with E-state index in [1.807, 2.05) is 6.07 Å². The van der Waals surface area contributed by atoms with E-state index in [2.05, 4.69) is 56.9 Å². The molecule has 19 heavy (non-hydrogen) atoms. The largest absolute Gasteiger partial charge is 0.472 e. The molecule has 3 nitrogen and oxygen atoms in total. The van der Waals surface area contributed by atoms with Gasteiger partial charge in [0.15, 0.2) is 0 Å². The highest BCUT2D eigenvalue weighted by Gasteiger charge is 2.11. The van der Waals surface area contributed by atoms with Crippen LogP contribution in [0.4, 0.5) is 0 Å². The zero-order valence-corrected chi connectivity index (χ0v) is 12.5. The molecule has 0 bridgehead atoms. The fourth-order valence-corrected chi connectivity index (χ4v) is 2.38. The highest BCUT2D eigenvalue weighted by molar-refractivity contribution is 7.78. The van der Waals surface area contributed by atoms with Gasteiger partial charge in [0.2, 0.25) is 5.88 Å². The highest BCUT2D eigenvalue weighted by atomic mass is 32.1. The van der Waals surface area contributed by atoms with E-state index in [4.69, 9.17) is 4.74 Å². The van der Waals surface area contributed by atoms with Gasteiger partial charge in [-0.1, -0.05) is 39.0 Å². The highest BCUT2D eigenvalue weighted by Crippen LogP contribution is 2.24. The molecule has 0 atom stereocenters. The zero-order chi connectivity index (χ0) is 13.8. The predicted octanol–water partition coefficient (Wildman–Crippen LogP) is 3.84. The van der Waals surface area contributed by atoms with E-state index in [0.717, 1.165) is 6.42 Å².